The Morgan fingerprint density at radius 1 is 1.47 bits per heavy atom. The topological polar surface area (TPSA) is 72.7 Å². The van der Waals surface area contributed by atoms with Crippen LogP contribution < -0.4 is 5.32 Å². The molecule has 3 atom stereocenters. The second kappa shape index (κ2) is 6.36. The molecule has 1 heterocycles. The largest absolute Gasteiger partial charge is 0.352 e. The molecular weight excluding hydrogens is 262 g/mol. The van der Waals surface area contributed by atoms with Crippen LogP contribution in [0.25, 0.3) is 0 Å². The van der Waals surface area contributed by atoms with Gasteiger partial charge in [0, 0.05) is 13.1 Å². The maximum atomic E-state index is 12.0. The first-order chi connectivity index (χ1) is 9.08. The molecule has 7 heteroatoms. The van der Waals surface area contributed by atoms with Crippen LogP contribution in [0.4, 0.5) is 0 Å². The highest BCUT2D eigenvalue weighted by Crippen LogP contribution is 2.29. The average molecular weight is 283 g/mol. The van der Waals surface area contributed by atoms with Crippen LogP contribution in [0.3, 0.4) is 0 Å². The molecule has 0 aromatic carbocycles. The number of carbonyl (C=O) groups excluding carboxylic acids is 1. The Balaban J connectivity index is 1.79. The maximum absolute atomic E-state index is 12.0. The number of thioether (sulfide) groups is 1. The van der Waals surface area contributed by atoms with Gasteiger partial charge in [-0.15, -0.1) is 5.10 Å². The Bertz CT molecular complexity index is 436. The van der Waals surface area contributed by atoms with Crippen molar-refractivity contribution >= 4 is 17.7 Å². The van der Waals surface area contributed by atoms with E-state index < -0.39 is 0 Å². The Morgan fingerprint density at radius 2 is 2.26 bits per heavy atom. The number of aryl methyl sites for hydroxylation is 1. The Hall–Kier alpha value is -1.11. The molecule has 1 fully saturated rings. The molecule has 6 nitrogen and oxygen atoms in total. The number of nitrogens with one attached hydrogen (secondary N) is 1. The van der Waals surface area contributed by atoms with Crippen LogP contribution in [0.5, 0.6) is 0 Å². The highest BCUT2D eigenvalue weighted by molar-refractivity contribution is 7.99. The summed E-state index contributed by atoms with van der Waals surface area (Å²) in [6, 6.07) is 0.314. The average Bonchev–Trinajstić information content (AvgIpc) is 2.78. The normalized spacial score (nSPS) is 27.2. The van der Waals surface area contributed by atoms with Crippen LogP contribution in [-0.4, -0.2) is 37.9 Å². The van der Waals surface area contributed by atoms with E-state index in [0.29, 0.717) is 28.8 Å². The lowest BCUT2D eigenvalue weighted by molar-refractivity contribution is -0.120. The zero-order valence-corrected chi connectivity index (χ0v) is 12.5. The summed E-state index contributed by atoms with van der Waals surface area (Å²) in [5, 5.41) is 14.9. The molecule has 106 valence electrons. The van der Waals surface area contributed by atoms with E-state index in [4.69, 9.17) is 0 Å². The molecular formula is C12H21N5OS. The smallest absolute Gasteiger partial charge is 0.230 e. The molecule has 0 radical (unpaired) electrons. The van der Waals surface area contributed by atoms with Crippen LogP contribution in [0.2, 0.25) is 0 Å². The second-order valence-electron chi connectivity index (χ2n) is 5.32. The summed E-state index contributed by atoms with van der Waals surface area (Å²) in [5.41, 5.74) is 0. The molecule has 1 aliphatic carbocycles. The molecule has 0 bridgehead atoms. The standard InChI is InChI=1S/C12H21N5OS/c1-8-5-4-6-10(9(8)2)13-11(18)7-19-12-14-15-16-17(12)3/h8-10H,4-7H2,1-3H3,(H,13,18)/t8-,9+,10-/m1/s1. The van der Waals surface area contributed by atoms with E-state index in [9.17, 15) is 4.79 Å². The fourth-order valence-electron chi connectivity index (χ4n) is 2.51. The molecule has 19 heavy (non-hydrogen) atoms. The van der Waals surface area contributed by atoms with Gasteiger partial charge in [-0.05, 0) is 28.7 Å². The van der Waals surface area contributed by atoms with Crippen molar-refractivity contribution in [1.82, 2.24) is 25.5 Å². The summed E-state index contributed by atoms with van der Waals surface area (Å²) < 4.78 is 1.57. The lowest BCUT2D eigenvalue weighted by atomic mass is 9.78. The molecule has 1 amide bonds. The minimum absolute atomic E-state index is 0.0685. The third-order valence-electron chi connectivity index (χ3n) is 3.97. The number of aromatic nitrogens is 4. The SMILES string of the molecule is C[C@H]1[C@H](C)CCC[C@H]1NC(=O)CSc1nnnn1C. The summed E-state index contributed by atoms with van der Waals surface area (Å²) in [4.78, 5) is 12.0. The summed E-state index contributed by atoms with van der Waals surface area (Å²) >= 11 is 1.37. The van der Waals surface area contributed by atoms with Crippen molar-refractivity contribution in [2.45, 2.75) is 44.3 Å². The van der Waals surface area contributed by atoms with Crippen LogP contribution in [0.15, 0.2) is 5.16 Å². The van der Waals surface area contributed by atoms with E-state index in [-0.39, 0.29) is 5.91 Å². The molecule has 0 unspecified atom stereocenters. The van der Waals surface area contributed by atoms with Gasteiger partial charge in [-0.3, -0.25) is 4.79 Å². The van der Waals surface area contributed by atoms with Crippen molar-refractivity contribution in [3.63, 3.8) is 0 Å². The van der Waals surface area contributed by atoms with Gasteiger partial charge in [-0.25, -0.2) is 4.68 Å². The van der Waals surface area contributed by atoms with Gasteiger partial charge in [0.15, 0.2) is 0 Å². The molecule has 1 N–H and O–H groups in total. The second-order valence-corrected chi connectivity index (χ2v) is 6.26. The van der Waals surface area contributed by atoms with Gasteiger partial charge in [-0.2, -0.15) is 0 Å². The third-order valence-corrected chi connectivity index (χ3v) is 4.98. The summed E-state index contributed by atoms with van der Waals surface area (Å²) in [6.45, 7) is 4.50. The van der Waals surface area contributed by atoms with E-state index in [2.05, 4.69) is 34.7 Å². The van der Waals surface area contributed by atoms with Gasteiger partial charge in [-0.1, -0.05) is 38.5 Å². The zero-order valence-electron chi connectivity index (χ0n) is 11.7. The van der Waals surface area contributed by atoms with E-state index in [1.54, 1.807) is 11.7 Å². The van der Waals surface area contributed by atoms with Crippen molar-refractivity contribution in [2.24, 2.45) is 18.9 Å². The predicted molar refractivity (Wildman–Crippen MR) is 73.6 cm³/mol. The van der Waals surface area contributed by atoms with Gasteiger partial charge in [0.2, 0.25) is 11.1 Å². The van der Waals surface area contributed by atoms with E-state index in [1.807, 2.05) is 0 Å². The first-order valence-corrected chi connectivity index (χ1v) is 7.71. The molecule has 1 aromatic heterocycles. The van der Waals surface area contributed by atoms with Crippen LogP contribution >= 0.6 is 11.8 Å². The summed E-state index contributed by atoms with van der Waals surface area (Å²) in [6.07, 6.45) is 3.57. The Morgan fingerprint density at radius 3 is 2.95 bits per heavy atom. The molecule has 0 spiro atoms. The Labute approximate surface area is 117 Å². The van der Waals surface area contributed by atoms with Gasteiger partial charge >= 0.3 is 0 Å². The highest BCUT2D eigenvalue weighted by atomic mass is 32.2. The minimum Gasteiger partial charge on any atom is -0.352 e. The number of rotatable bonds is 4. The third kappa shape index (κ3) is 3.68. The minimum atomic E-state index is 0.0685. The van der Waals surface area contributed by atoms with Gasteiger partial charge in [0.05, 0.1) is 5.75 Å². The lowest BCUT2D eigenvalue weighted by Crippen LogP contribution is -2.44. The first kappa shape index (κ1) is 14.3. The van der Waals surface area contributed by atoms with Gasteiger partial charge < -0.3 is 5.32 Å². The summed E-state index contributed by atoms with van der Waals surface area (Å²) in [7, 11) is 1.77. The highest BCUT2D eigenvalue weighted by Gasteiger charge is 2.28. The molecule has 2 rings (SSSR count). The first-order valence-electron chi connectivity index (χ1n) is 6.72. The molecule has 1 saturated carbocycles. The zero-order chi connectivity index (χ0) is 13.8. The van der Waals surface area contributed by atoms with Crippen LogP contribution in [-0.2, 0) is 11.8 Å². The van der Waals surface area contributed by atoms with E-state index >= 15 is 0 Å². The monoisotopic (exact) mass is 283 g/mol. The number of hydrogen-bond acceptors (Lipinski definition) is 5. The van der Waals surface area contributed by atoms with Crippen molar-refractivity contribution in [3.05, 3.63) is 0 Å². The molecule has 1 aromatic rings. The number of nitrogens with zero attached hydrogens (tertiary/aromatic N) is 4. The molecule has 1 aliphatic rings. The molecule has 0 aliphatic heterocycles. The number of carbonyl (C=O) groups is 1. The molecule has 0 saturated heterocycles. The van der Waals surface area contributed by atoms with Gasteiger partial charge in [0.25, 0.3) is 0 Å². The van der Waals surface area contributed by atoms with Crippen molar-refractivity contribution in [1.29, 1.82) is 0 Å². The fourth-order valence-corrected chi connectivity index (χ4v) is 3.17. The maximum Gasteiger partial charge on any atom is 0.230 e. The number of hydrogen-bond donors (Lipinski definition) is 1. The fraction of sp³-hybridized carbons (Fsp3) is 0.833. The van der Waals surface area contributed by atoms with E-state index in [0.717, 1.165) is 6.42 Å². The number of tetrazole rings is 1. The lowest BCUT2D eigenvalue weighted by Gasteiger charge is -2.34. The van der Waals surface area contributed by atoms with E-state index in [1.165, 1.54) is 24.6 Å². The Kier molecular flexibility index (Phi) is 4.79. The summed E-state index contributed by atoms with van der Waals surface area (Å²) in [5.74, 6) is 1.68. The number of amides is 1. The van der Waals surface area contributed by atoms with Crippen molar-refractivity contribution < 1.29 is 4.79 Å². The van der Waals surface area contributed by atoms with Crippen molar-refractivity contribution in [3.8, 4) is 0 Å². The van der Waals surface area contributed by atoms with Crippen LogP contribution in [0, 0.1) is 11.8 Å². The quantitative estimate of drug-likeness (QED) is 0.842. The van der Waals surface area contributed by atoms with Gasteiger partial charge in [0.1, 0.15) is 0 Å². The van der Waals surface area contributed by atoms with Crippen LogP contribution in [0.1, 0.15) is 33.1 Å². The predicted octanol–water partition coefficient (Wildman–Crippen LogP) is 1.24. The van der Waals surface area contributed by atoms with Crippen molar-refractivity contribution in [2.75, 3.05) is 5.75 Å².